The lowest BCUT2D eigenvalue weighted by atomic mass is 10.0. The van der Waals surface area contributed by atoms with Gasteiger partial charge in [-0.05, 0) is 54.5 Å². The van der Waals surface area contributed by atoms with Gasteiger partial charge in [0.15, 0.2) is 5.11 Å². The molecule has 150 valence electrons. The molecule has 0 saturated carbocycles. The molecule has 1 fully saturated rings. The van der Waals surface area contributed by atoms with E-state index in [0.29, 0.717) is 5.92 Å². The summed E-state index contributed by atoms with van der Waals surface area (Å²) in [6.07, 6.45) is 3.93. The van der Waals surface area contributed by atoms with E-state index in [1.807, 2.05) is 36.5 Å². The van der Waals surface area contributed by atoms with E-state index in [1.165, 1.54) is 5.69 Å². The van der Waals surface area contributed by atoms with Crippen molar-refractivity contribution in [2.24, 2.45) is 5.92 Å². The zero-order chi connectivity index (χ0) is 20.4. The zero-order valence-corrected chi connectivity index (χ0v) is 17.8. The van der Waals surface area contributed by atoms with E-state index < -0.39 is 0 Å². The Bertz CT molecular complexity index is 985. The first-order valence-corrected chi connectivity index (χ1v) is 10.3. The van der Waals surface area contributed by atoms with Crippen LogP contribution in [0.25, 0.3) is 5.69 Å². The van der Waals surface area contributed by atoms with E-state index in [4.69, 9.17) is 17.0 Å². The summed E-state index contributed by atoms with van der Waals surface area (Å²) in [7, 11) is 1.69. The lowest BCUT2D eigenvalue weighted by molar-refractivity contribution is 0.280. The number of benzene rings is 1. The Morgan fingerprint density at radius 3 is 2.72 bits per heavy atom. The molecule has 0 bridgehead atoms. The van der Waals surface area contributed by atoms with Gasteiger partial charge in [0.2, 0.25) is 0 Å². The summed E-state index contributed by atoms with van der Waals surface area (Å²) in [5, 5.41) is 4.30. The largest absolute Gasteiger partial charge is 0.497 e. The van der Waals surface area contributed by atoms with Crippen LogP contribution >= 0.6 is 12.2 Å². The van der Waals surface area contributed by atoms with Gasteiger partial charge in [-0.2, -0.15) is 0 Å². The molecule has 3 aromatic rings. The van der Waals surface area contributed by atoms with Crippen LogP contribution in [0.3, 0.4) is 0 Å². The van der Waals surface area contributed by atoms with E-state index in [-0.39, 0.29) is 12.1 Å². The maximum absolute atomic E-state index is 5.74. The van der Waals surface area contributed by atoms with Crippen LogP contribution in [-0.4, -0.2) is 33.2 Å². The van der Waals surface area contributed by atoms with Crippen molar-refractivity contribution in [2.45, 2.75) is 25.9 Å². The van der Waals surface area contributed by atoms with Crippen LogP contribution in [0.4, 0.5) is 0 Å². The molecule has 1 saturated heterocycles. The number of hydrogen-bond acceptors (Lipinski definition) is 3. The van der Waals surface area contributed by atoms with Crippen LogP contribution in [0.1, 0.15) is 37.3 Å². The van der Waals surface area contributed by atoms with Crippen LogP contribution in [0.15, 0.2) is 67.0 Å². The second-order valence-electron chi connectivity index (χ2n) is 7.68. The minimum absolute atomic E-state index is 0.0123. The third kappa shape index (κ3) is 3.85. The molecule has 0 radical (unpaired) electrons. The van der Waals surface area contributed by atoms with Gasteiger partial charge < -0.3 is 19.5 Å². The number of ether oxygens (including phenoxy) is 1. The number of hydrogen-bond donors (Lipinski definition) is 1. The highest BCUT2D eigenvalue weighted by Gasteiger charge is 2.41. The summed E-state index contributed by atoms with van der Waals surface area (Å²) >= 11 is 5.74. The second kappa shape index (κ2) is 8.25. The molecule has 2 atom stereocenters. The molecular formula is C23H26N4OS. The lowest BCUT2D eigenvalue weighted by Gasteiger charge is -2.30. The molecule has 1 aliphatic rings. The first-order valence-electron chi connectivity index (χ1n) is 9.88. The van der Waals surface area contributed by atoms with E-state index >= 15 is 0 Å². The second-order valence-corrected chi connectivity index (χ2v) is 8.06. The highest BCUT2D eigenvalue weighted by atomic mass is 32.1. The summed E-state index contributed by atoms with van der Waals surface area (Å²) in [6.45, 7) is 5.31. The number of aromatic nitrogens is 2. The molecular weight excluding hydrogens is 380 g/mol. The maximum atomic E-state index is 5.74. The highest BCUT2D eigenvalue weighted by Crippen LogP contribution is 2.40. The van der Waals surface area contributed by atoms with Crippen molar-refractivity contribution in [3.63, 3.8) is 0 Å². The molecule has 6 heteroatoms. The van der Waals surface area contributed by atoms with Gasteiger partial charge in [-0.15, -0.1) is 0 Å². The maximum Gasteiger partial charge on any atom is 0.170 e. The summed E-state index contributed by atoms with van der Waals surface area (Å²) in [4.78, 5) is 6.92. The molecule has 2 aromatic heterocycles. The van der Waals surface area contributed by atoms with Gasteiger partial charge in [0.05, 0.1) is 24.9 Å². The Hall–Kier alpha value is -2.86. The van der Waals surface area contributed by atoms with Crippen LogP contribution in [0.2, 0.25) is 0 Å². The van der Waals surface area contributed by atoms with Crippen LogP contribution in [0.5, 0.6) is 5.75 Å². The number of methoxy groups -OCH3 is 1. The number of nitrogens with zero attached hydrogens (tertiary/aromatic N) is 3. The predicted molar refractivity (Wildman–Crippen MR) is 119 cm³/mol. The fraction of sp³-hybridized carbons (Fsp3) is 0.304. The quantitative estimate of drug-likeness (QED) is 0.610. The van der Waals surface area contributed by atoms with Crippen molar-refractivity contribution in [1.82, 2.24) is 19.8 Å². The Morgan fingerprint density at radius 1 is 1.14 bits per heavy atom. The summed E-state index contributed by atoms with van der Waals surface area (Å²) in [6, 6.07) is 18.4. The summed E-state index contributed by atoms with van der Waals surface area (Å²) < 4.78 is 7.65. The Kier molecular flexibility index (Phi) is 5.53. The predicted octanol–water partition coefficient (Wildman–Crippen LogP) is 4.51. The molecule has 1 N–H and O–H groups in total. The average molecular weight is 407 g/mol. The topological polar surface area (TPSA) is 42.3 Å². The minimum atomic E-state index is -0.0123. The minimum Gasteiger partial charge on any atom is -0.497 e. The number of pyridine rings is 1. The summed E-state index contributed by atoms with van der Waals surface area (Å²) in [5.41, 5.74) is 3.22. The zero-order valence-electron chi connectivity index (χ0n) is 16.9. The summed E-state index contributed by atoms with van der Waals surface area (Å²) in [5.74, 6) is 1.32. The van der Waals surface area contributed by atoms with Gasteiger partial charge in [-0.3, -0.25) is 4.98 Å². The SMILES string of the molecule is COc1cccc(-n2cccc2[C@@H]2[C@@H](c3ccccn3)NC(=S)N2CC(C)C)c1. The molecule has 0 aliphatic carbocycles. The van der Waals surface area contributed by atoms with Crippen molar-refractivity contribution in [2.75, 3.05) is 13.7 Å². The van der Waals surface area contributed by atoms with Crippen LogP contribution in [0, 0.1) is 5.92 Å². The molecule has 0 spiro atoms. The highest BCUT2D eigenvalue weighted by molar-refractivity contribution is 7.80. The van der Waals surface area contributed by atoms with Gasteiger partial charge in [-0.1, -0.05) is 26.0 Å². The first-order chi connectivity index (χ1) is 14.1. The third-order valence-electron chi connectivity index (χ3n) is 5.17. The van der Waals surface area contributed by atoms with Gasteiger partial charge in [-0.25, -0.2) is 0 Å². The smallest absolute Gasteiger partial charge is 0.170 e. The Balaban J connectivity index is 1.81. The van der Waals surface area contributed by atoms with Crippen molar-refractivity contribution >= 4 is 17.3 Å². The van der Waals surface area contributed by atoms with Gasteiger partial charge in [0, 0.05) is 36.4 Å². The molecule has 3 heterocycles. The molecule has 1 aromatic carbocycles. The molecule has 5 nitrogen and oxygen atoms in total. The van der Waals surface area contributed by atoms with E-state index in [1.54, 1.807) is 7.11 Å². The molecule has 1 aliphatic heterocycles. The molecule has 29 heavy (non-hydrogen) atoms. The van der Waals surface area contributed by atoms with Crippen molar-refractivity contribution in [1.29, 1.82) is 0 Å². The van der Waals surface area contributed by atoms with E-state index in [2.05, 4.69) is 64.1 Å². The first kappa shape index (κ1) is 19.5. The molecule has 4 rings (SSSR count). The standard InChI is InChI=1S/C23H26N4OS/c1-16(2)15-27-22(21(25-23(27)29)19-10-4-5-12-24-19)20-11-7-13-26(20)17-8-6-9-18(14-17)28-3/h4-14,16,21-22H,15H2,1-3H3,(H,25,29)/t21-,22-/m1/s1. The average Bonchev–Trinajstić information content (AvgIpc) is 3.33. The monoisotopic (exact) mass is 406 g/mol. The molecule has 0 amide bonds. The molecule has 0 unspecified atom stereocenters. The number of thiocarbonyl (C=S) groups is 1. The van der Waals surface area contributed by atoms with Gasteiger partial charge >= 0.3 is 0 Å². The third-order valence-corrected chi connectivity index (χ3v) is 5.53. The van der Waals surface area contributed by atoms with Gasteiger partial charge in [0.1, 0.15) is 5.75 Å². The van der Waals surface area contributed by atoms with Crippen LogP contribution < -0.4 is 10.1 Å². The van der Waals surface area contributed by atoms with Crippen molar-refractivity contribution < 1.29 is 4.74 Å². The normalized spacial score (nSPS) is 18.9. The van der Waals surface area contributed by atoms with Crippen LogP contribution in [-0.2, 0) is 0 Å². The van der Waals surface area contributed by atoms with E-state index in [9.17, 15) is 0 Å². The fourth-order valence-electron chi connectivity index (χ4n) is 3.95. The van der Waals surface area contributed by atoms with E-state index in [0.717, 1.165) is 28.8 Å². The Morgan fingerprint density at radius 2 is 2.00 bits per heavy atom. The van der Waals surface area contributed by atoms with Crippen molar-refractivity contribution in [3.05, 3.63) is 78.4 Å². The van der Waals surface area contributed by atoms with Gasteiger partial charge in [0.25, 0.3) is 0 Å². The number of rotatable bonds is 6. The number of nitrogens with one attached hydrogen (secondary N) is 1. The lowest BCUT2D eigenvalue weighted by Crippen LogP contribution is -2.33. The fourth-order valence-corrected chi connectivity index (χ4v) is 4.26. The Labute approximate surface area is 177 Å². The van der Waals surface area contributed by atoms with Crippen molar-refractivity contribution in [3.8, 4) is 11.4 Å².